The number of aryl methyl sites for hydroxylation is 1. The van der Waals surface area contributed by atoms with Crippen LogP contribution in [0, 0.1) is 0 Å². The van der Waals surface area contributed by atoms with E-state index in [1.165, 1.54) is 36.1 Å². The monoisotopic (exact) mass is 429 g/mol. The van der Waals surface area contributed by atoms with Crippen LogP contribution in [-0.2, 0) is 17.8 Å². The summed E-state index contributed by atoms with van der Waals surface area (Å²) >= 11 is 7.43. The van der Waals surface area contributed by atoms with E-state index in [4.69, 9.17) is 12.2 Å². The molecule has 0 spiro atoms. The van der Waals surface area contributed by atoms with Crippen molar-refractivity contribution in [3.63, 3.8) is 0 Å². The number of thiophene rings is 1. The summed E-state index contributed by atoms with van der Waals surface area (Å²) in [4.78, 5) is 16.0. The van der Waals surface area contributed by atoms with Crippen LogP contribution in [0.4, 0.5) is 0 Å². The van der Waals surface area contributed by atoms with E-state index in [1.54, 1.807) is 11.3 Å². The molecule has 29 heavy (non-hydrogen) atoms. The molecular weight excluding hydrogens is 398 g/mol. The predicted molar refractivity (Wildman–Crippen MR) is 125 cm³/mol. The van der Waals surface area contributed by atoms with Crippen LogP contribution in [0.25, 0.3) is 0 Å². The quantitative estimate of drug-likeness (QED) is 0.576. The Morgan fingerprint density at radius 1 is 1.21 bits per heavy atom. The Labute approximate surface area is 183 Å². The Kier molecular flexibility index (Phi) is 8.50. The van der Waals surface area contributed by atoms with Crippen molar-refractivity contribution in [2.45, 2.75) is 64.1 Å². The molecular formula is C23H31N3OS2. The maximum absolute atomic E-state index is 12.4. The maximum atomic E-state index is 12.4. The van der Waals surface area contributed by atoms with Crippen molar-refractivity contribution in [1.82, 2.24) is 15.5 Å². The van der Waals surface area contributed by atoms with Gasteiger partial charge in [-0.3, -0.25) is 4.79 Å². The number of nitrogens with zero attached hydrogens (tertiary/aromatic N) is 1. The van der Waals surface area contributed by atoms with Crippen molar-refractivity contribution in [2.75, 3.05) is 6.54 Å². The lowest BCUT2D eigenvalue weighted by atomic mass is 10.1. The van der Waals surface area contributed by atoms with Crippen molar-refractivity contribution in [2.24, 2.45) is 0 Å². The lowest BCUT2D eigenvalue weighted by Gasteiger charge is -2.31. The Morgan fingerprint density at radius 3 is 2.66 bits per heavy atom. The minimum Gasteiger partial charge on any atom is -0.353 e. The topological polar surface area (TPSA) is 44.4 Å². The fourth-order valence-electron chi connectivity index (χ4n) is 3.84. The van der Waals surface area contributed by atoms with Crippen molar-refractivity contribution in [3.8, 4) is 0 Å². The van der Waals surface area contributed by atoms with Crippen LogP contribution in [0.15, 0.2) is 47.8 Å². The standard InChI is InChI=1S/C23H31N3OS2/c1-18(13-14-19-8-3-2-4-9-19)25-22(27)16-24-23(28)26(20-10-5-6-11-20)17-21-12-7-15-29-21/h2-4,7-9,12,15,18,20H,5-6,10-11,13-14,16-17H2,1H3,(H,24,28)(H,25,27)/t18-/m0/s1. The Hall–Kier alpha value is -1.92. The van der Waals surface area contributed by atoms with Gasteiger partial charge in [-0.15, -0.1) is 11.3 Å². The van der Waals surface area contributed by atoms with Crippen LogP contribution in [0.2, 0.25) is 0 Å². The third-order valence-electron chi connectivity index (χ3n) is 5.45. The molecule has 6 heteroatoms. The van der Waals surface area contributed by atoms with Gasteiger partial charge in [0.1, 0.15) is 0 Å². The molecule has 1 heterocycles. The van der Waals surface area contributed by atoms with Crippen molar-refractivity contribution in [1.29, 1.82) is 0 Å². The SMILES string of the molecule is C[C@@H](CCc1ccccc1)NC(=O)CNC(=S)N(Cc1cccs1)C1CCCC1. The molecule has 0 unspecified atom stereocenters. The number of hydrogen-bond acceptors (Lipinski definition) is 3. The van der Waals surface area contributed by atoms with Crippen LogP contribution in [0.1, 0.15) is 49.5 Å². The van der Waals surface area contributed by atoms with E-state index in [-0.39, 0.29) is 18.5 Å². The molecule has 1 aromatic heterocycles. The number of thiocarbonyl (C=S) groups is 1. The van der Waals surface area contributed by atoms with Gasteiger partial charge in [0.05, 0.1) is 13.1 Å². The molecule has 0 aliphatic heterocycles. The van der Waals surface area contributed by atoms with E-state index in [9.17, 15) is 4.79 Å². The number of carbonyl (C=O) groups is 1. The minimum absolute atomic E-state index is 0.00425. The molecule has 1 saturated carbocycles. The van der Waals surface area contributed by atoms with Gasteiger partial charge in [-0.2, -0.15) is 0 Å². The molecule has 1 fully saturated rings. The molecule has 1 aliphatic rings. The molecule has 2 N–H and O–H groups in total. The van der Waals surface area contributed by atoms with E-state index in [0.717, 1.165) is 19.4 Å². The van der Waals surface area contributed by atoms with Crippen LogP contribution in [0.5, 0.6) is 0 Å². The summed E-state index contributed by atoms with van der Waals surface area (Å²) < 4.78 is 0. The Balaban J connectivity index is 1.43. The fourth-order valence-corrected chi connectivity index (χ4v) is 4.82. The summed E-state index contributed by atoms with van der Waals surface area (Å²) in [6.45, 7) is 3.10. The number of rotatable bonds is 9. The molecule has 1 aliphatic carbocycles. The lowest BCUT2D eigenvalue weighted by Crippen LogP contribution is -2.48. The normalized spacial score (nSPS) is 15.1. The number of carbonyl (C=O) groups excluding carboxylic acids is 1. The molecule has 1 atom stereocenters. The molecule has 0 radical (unpaired) electrons. The number of hydrogen-bond donors (Lipinski definition) is 2. The van der Waals surface area contributed by atoms with Gasteiger partial charge in [0, 0.05) is 17.0 Å². The average molecular weight is 430 g/mol. The molecule has 0 bridgehead atoms. The van der Waals surface area contributed by atoms with Crippen molar-refractivity contribution in [3.05, 3.63) is 58.3 Å². The summed E-state index contributed by atoms with van der Waals surface area (Å²) in [6, 6.07) is 15.2. The highest BCUT2D eigenvalue weighted by Gasteiger charge is 2.25. The molecule has 4 nitrogen and oxygen atoms in total. The van der Waals surface area contributed by atoms with E-state index in [1.807, 2.05) is 6.07 Å². The summed E-state index contributed by atoms with van der Waals surface area (Å²) in [5.41, 5.74) is 1.30. The third kappa shape index (κ3) is 7.12. The zero-order valence-electron chi connectivity index (χ0n) is 17.1. The molecule has 1 aromatic carbocycles. The lowest BCUT2D eigenvalue weighted by molar-refractivity contribution is -0.120. The Bertz CT molecular complexity index is 758. The summed E-state index contributed by atoms with van der Waals surface area (Å²) in [6.07, 6.45) is 6.75. The van der Waals surface area contributed by atoms with E-state index >= 15 is 0 Å². The zero-order chi connectivity index (χ0) is 20.5. The summed E-state index contributed by atoms with van der Waals surface area (Å²) in [5, 5.41) is 9.08. The molecule has 2 aromatic rings. The van der Waals surface area contributed by atoms with Gasteiger partial charge >= 0.3 is 0 Å². The molecule has 1 amide bonds. The smallest absolute Gasteiger partial charge is 0.239 e. The fraction of sp³-hybridized carbons (Fsp3) is 0.478. The highest BCUT2D eigenvalue weighted by molar-refractivity contribution is 7.80. The van der Waals surface area contributed by atoms with Gasteiger partial charge in [-0.05, 0) is 61.8 Å². The molecule has 156 valence electrons. The van der Waals surface area contributed by atoms with Gasteiger partial charge in [0.15, 0.2) is 5.11 Å². The van der Waals surface area contributed by atoms with Gasteiger partial charge in [0.25, 0.3) is 0 Å². The van der Waals surface area contributed by atoms with Crippen molar-refractivity contribution < 1.29 is 4.79 Å². The average Bonchev–Trinajstić information content (AvgIpc) is 3.43. The van der Waals surface area contributed by atoms with Gasteiger partial charge < -0.3 is 15.5 Å². The maximum Gasteiger partial charge on any atom is 0.239 e. The number of benzene rings is 1. The highest BCUT2D eigenvalue weighted by atomic mass is 32.1. The predicted octanol–water partition coefficient (Wildman–Crippen LogP) is 4.50. The van der Waals surface area contributed by atoms with Crippen LogP contribution in [-0.4, -0.2) is 34.5 Å². The minimum atomic E-state index is -0.00425. The summed E-state index contributed by atoms with van der Waals surface area (Å²) in [5.74, 6) is -0.00425. The number of amides is 1. The molecule has 3 rings (SSSR count). The third-order valence-corrected chi connectivity index (χ3v) is 6.69. The first kappa shape index (κ1) is 21.8. The second-order valence-electron chi connectivity index (χ2n) is 7.80. The first-order chi connectivity index (χ1) is 14.1. The van der Waals surface area contributed by atoms with E-state index < -0.39 is 0 Å². The van der Waals surface area contributed by atoms with Gasteiger partial charge in [-0.1, -0.05) is 49.2 Å². The second kappa shape index (κ2) is 11.3. The van der Waals surface area contributed by atoms with Gasteiger partial charge in [-0.25, -0.2) is 0 Å². The van der Waals surface area contributed by atoms with Crippen LogP contribution in [0.3, 0.4) is 0 Å². The largest absolute Gasteiger partial charge is 0.353 e. The first-order valence-electron chi connectivity index (χ1n) is 10.5. The zero-order valence-corrected chi connectivity index (χ0v) is 18.7. The highest BCUT2D eigenvalue weighted by Crippen LogP contribution is 2.26. The van der Waals surface area contributed by atoms with Crippen LogP contribution < -0.4 is 10.6 Å². The Morgan fingerprint density at radius 2 is 1.97 bits per heavy atom. The first-order valence-corrected chi connectivity index (χ1v) is 11.8. The van der Waals surface area contributed by atoms with Crippen molar-refractivity contribution >= 4 is 34.6 Å². The number of nitrogens with one attached hydrogen (secondary N) is 2. The summed E-state index contributed by atoms with van der Waals surface area (Å²) in [7, 11) is 0. The van der Waals surface area contributed by atoms with Crippen LogP contribution >= 0.6 is 23.6 Å². The molecule has 0 saturated heterocycles. The van der Waals surface area contributed by atoms with Gasteiger partial charge in [0.2, 0.25) is 5.91 Å². The van der Waals surface area contributed by atoms with E-state index in [2.05, 4.69) is 64.2 Å². The second-order valence-corrected chi connectivity index (χ2v) is 9.22. The van der Waals surface area contributed by atoms with E-state index in [0.29, 0.717) is 11.2 Å².